The fraction of sp³-hybridized carbons (Fsp3) is 0.353. The van der Waals surface area contributed by atoms with Gasteiger partial charge in [-0.15, -0.1) is 0 Å². The van der Waals surface area contributed by atoms with Gasteiger partial charge in [0.05, 0.1) is 6.42 Å². The number of carbonyl (C=O) groups excluding carboxylic acids is 1. The van der Waals surface area contributed by atoms with Gasteiger partial charge in [0.1, 0.15) is 11.3 Å². The predicted octanol–water partition coefficient (Wildman–Crippen LogP) is 1.77. The Hall–Kier alpha value is -2.83. The topological polar surface area (TPSA) is 106 Å². The SMILES string of the molecule is Cc1c(C)c2ccc(O[C@@H](C)C(=O)NCCC(=O)O)cc2oc1=O. The molecule has 128 valence electrons. The van der Waals surface area contributed by atoms with Crippen molar-refractivity contribution in [1.82, 2.24) is 5.32 Å². The Balaban J connectivity index is 2.12. The molecule has 0 bridgehead atoms. The molecule has 0 unspecified atom stereocenters. The molecule has 1 aromatic heterocycles. The first kappa shape index (κ1) is 17.5. The smallest absolute Gasteiger partial charge is 0.339 e. The van der Waals surface area contributed by atoms with Crippen LogP contribution in [0.25, 0.3) is 11.0 Å². The number of carboxylic acid groups (broad SMARTS) is 1. The Morgan fingerprint density at radius 2 is 2.00 bits per heavy atom. The molecule has 1 atom stereocenters. The van der Waals surface area contributed by atoms with Crippen LogP contribution in [0.2, 0.25) is 0 Å². The molecule has 0 radical (unpaired) electrons. The maximum absolute atomic E-state index is 11.8. The van der Waals surface area contributed by atoms with Gasteiger partial charge in [0.25, 0.3) is 5.91 Å². The van der Waals surface area contributed by atoms with Crippen LogP contribution in [0.5, 0.6) is 5.75 Å². The van der Waals surface area contributed by atoms with E-state index in [0.29, 0.717) is 16.9 Å². The third-order valence-electron chi connectivity index (χ3n) is 3.75. The lowest BCUT2D eigenvalue weighted by Gasteiger charge is -2.15. The molecule has 0 aliphatic heterocycles. The number of fused-ring (bicyclic) bond motifs is 1. The highest BCUT2D eigenvalue weighted by Gasteiger charge is 2.16. The van der Waals surface area contributed by atoms with Crippen molar-refractivity contribution in [3.8, 4) is 5.75 Å². The first-order valence-electron chi connectivity index (χ1n) is 7.50. The number of carboxylic acids is 1. The number of amides is 1. The summed E-state index contributed by atoms with van der Waals surface area (Å²) in [5.41, 5.74) is 1.38. The van der Waals surface area contributed by atoms with Crippen molar-refractivity contribution in [1.29, 1.82) is 0 Å². The lowest BCUT2D eigenvalue weighted by molar-refractivity contribution is -0.137. The molecule has 0 aliphatic carbocycles. The first-order chi connectivity index (χ1) is 11.3. The van der Waals surface area contributed by atoms with Gasteiger partial charge < -0.3 is 19.6 Å². The van der Waals surface area contributed by atoms with E-state index < -0.39 is 23.6 Å². The monoisotopic (exact) mass is 333 g/mol. The van der Waals surface area contributed by atoms with Gasteiger partial charge in [-0.1, -0.05) is 0 Å². The first-order valence-corrected chi connectivity index (χ1v) is 7.50. The summed E-state index contributed by atoms with van der Waals surface area (Å²) in [7, 11) is 0. The van der Waals surface area contributed by atoms with Crippen molar-refractivity contribution in [2.24, 2.45) is 0 Å². The fourth-order valence-corrected chi connectivity index (χ4v) is 2.20. The van der Waals surface area contributed by atoms with Crippen LogP contribution >= 0.6 is 0 Å². The van der Waals surface area contributed by atoms with E-state index in [0.717, 1.165) is 10.9 Å². The molecule has 0 fully saturated rings. The van der Waals surface area contributed by atoms with Crippen molar-refractivity contribution in [2.75, 3.05) is 6.54 Å². The number of carbonyl (C=O) groups is 2. The van der Waals surface area contributed by atoms with Gasteiger partial charge in [0, 0.05) is 23.6 Å². The lowest BCUT2D eigenvalue weighted by atomic mass is 10.1. The van der Waals surface area contributed by atoms with Crippen molar-refractivity contribution in [2.45, 2.75) is 33.3 Å². The van der Waals surface area contributed by atoms with Crippen molar-refractivity contribution in [3.05, 3.63) is 39.7 Å². The van der Waals surface area contributed by atoms with Crippen molar-refractivity contribution in [3.63, 3.8) is 0 Å². The summed E-state index contributed by atoms with van der Waals surface area (Å²) in [6, 6.07) is 5.02. The van der Waals surface area contributed by atoms with Crippen LogP contribution < -0.4 is 15.7 Å². The average molecular weight is 333 g/mol. The Bertz CT molecular complexity index is 839. The van der Waals surface area contributed by atoms with E-state index in [1.165, 1.54) is 0 Å². The molecule has 0 saturated carbocycles. The minimum absolute atomic E-state index is 0.0347. The van der Waals surface area contributed by atoms with Gasteiger partial charge in [-0.3, -0.25) is 9.59 Å². The zero-order chi connectivity index (χ0) is 17.9. The summed E-state index contributed by atoms with van der Waals surface area (Å²) < 4.78 is 10.8. The van der Waals surface area contributed by atoms with Crippen LogP contribution in [-0.4, -0.2) is 29.6 Å². The number of hydrogen-bond acceptors (Lipinski definition) is 5. The van der Waals surface area contributed by atoms with Gasteiger partial charge in [0.2, 0.25) is 0 Å². The van der Waals surface area contributed by atoms with Crippen LogP contribution in [0.3, 0.4) is 0 Å². The summed E-state index contributed by atoms with van der Waals surface area (Å²) in [6.07, 6.45) is -0.965. The number of aliphatic carboxylic acids is 1. The molecule has 7 heteroatoms. The number of aryl methyl sites for hydroxylation is 1. The maximum atomic E-state index is 11.8. The molecule has 0 saturated heterocycles. The summed E-state index contributed by atoms with van der Waals surface area (Å²) in [5, 5.41) is 11.8. The molecule has 1 heterocycles. The van der Waals surface area contributed by atoms with Gasteiger partial charge in [-0.05, 0) is 38.5 Å². The second-order valence-electron chi connectivity index (χ2n) is 5.49. The minimum Gasteiger partial charge on any atom is -0.481 e. The Kier molecular flexibility index (Phi) is 5.23. The summed E-state index contributed by atoms with van der Waals surface area (Å²) >= 11 is 0. The van der Waals surface area contributed by atoms with E-state index in [1.807, 2.05) is 6.92 Å². The third-order valence-corrected chi connectivity index (χ3v) is 3.75. The highest BCUT2D eigenvalue weighted by molar-refractivity contribution is 5.83. The van der Waals surface area contributed by atoms with Crippen LogP contribution in [-0.2, 0) is 9.59 Å². The molecule has 24 heavy (non-hydrogen) atoms. The molecular formula is C17H19NO6. The van der Waals surface area contributed by atoms with Crippen LogP contribution in [0.4, 0.5) is 0 Å². The number of nitrogens with one attached hydrogen (secondary N) is 1. The largest absolute Gasteiger partial charge is 0.481 e. The second kappa shape index (κ2) is 7.16. The van der Waals surface area contributed by atoms with Crippen LogP contribution in [0.1, 0.15) is 24.5 Å². The van der Waals surface area contributed by atoms with Gasteiger partial charge in [0.15, 0.2) is 6.10 Å². The van der Waals surface area contributed by atoms with E-state index in [4.69, 9.17) is 14.3 Å². The highest BCUT2D eigenvalue weighted by Crippen LogP contribution is 2.24. The molecule has 2 N–H and O–H groups in total. The summed E-state index contributed by atoms with van der Waals surface area (Å²) in [6.45, 7) is 5.13. The standard InChI is InChI=1S/C17H19NO6/c1-9-10(2)17(22)24-14-8-12(4-5-13(9)14)23-11(3)16(21)18-7-6-15(19)20/h4-5,8,11H,6-7H2,1-3H3,(H,18,21)(H,19,20)/t11-/m0/s1. The van der Waals surface area contributed by atoms with E-state index >= 15 is 0 Å². The lowest BCUT2D eigenvalue weighted by Crippen LogP contribution is -2.37. The van der Waals surface area contributed by atoms with Crippen LogP contribution in [0.15, 0.2) is 27.4 Å². The quantitative estimate of drug-likeness (QED) is 0.780. The van der Waals surface area contributed by atoms with E-state index in [1.54, 1.807) is 32.0 Å². The molecule has 2 rings (SSSR count). The zero-order valence-electron chi connectivity index (χ0n) is 13.7. The van der Waals surface area contributed by atoms with Gasteiger partial charge >= 0.3 is 11.6 Å². The average Bonchev–Trinajstić information content (AvgIpc) is 2.52. The molecule has 0 spiro atoms. The van der Waals surface area contributed by atoms with E-state index in [9.17, 15) is 14.4 Å². The Labute approximate surface area is 138 Å². The molecule has 0 aliphatic rings. The fourth-order valence-electron chi connectivity index (χ4n) is 2.20. The number of rotatable bonds is 6. The number of benzene rings is 1. The third kappa shape index (κ3) is 3.92. The highest BCUT2D eigenvalue weighted by atomic mass is 16.5. The molecule has 2 aromatic rings. The molecule has 7 nitrogen and oxygen atoms in total. The summed E-state index contributed by atoms with van der Waals surface area (Å²) in [5.74, 6) is -1.02. The second-order valence-corrected chi connectivity index (χ2v) is 5.49. The zero-order valence-corrected chi connectivity index (χ0v) is 13.7. The maximum Gasteiger partial charge on any atom is 0.339 e. The summed E-state index contributed by atoms with van der Waals surface area (Å²) in [4.78, 5) is 34.0. The molecule has 1 amide bonds. The van der Waals surface area contributed by atoms with Crippen molar-refractivity contribution >= 4 is 22.8 Å². The van der Waals surface area contributed by atoms with E-state index in [2.05, 4.69) is 5.32 Å². The normalized spacial score (nSPS) is 12.0. The molecular weight excluding hydrogens is 314 g/mol. The predicted molar refractivity (Wildman–Crippen MR) is 87.3 cm³/mol. The Morgan fingerprint density at radius 1 is 1.29 bits per heavy atom. The van der Waals surface area contributed by atoms with E-state index in [-0.39, 0.29) is 13.0 Å². The minimum atomic E-state index is -0.987. The number of hydrogen-bond donors (Lipinski definition) is 2. The molecule has 1 aromatic carbocycles. The van der Waals surface area contributed by atoms with Crippen LogP contribution in [0, 0.1) is 13.8 Å². The number of ether oxygens (including phenoxy) is 1. The van der Waals surface area contributed by atoms with Crippen molar-refractivity contribution < 1.29 is 23.8 Å². The van der Waals surface area contributed by atoms with Gasteiger partial charge in [-0.2, -0.15) is 0 Å². The Morgan fingerprint density at radius 3 is 2.67 bits per heavy atom. The van der Waals surface area contributed by atoms with Gasteiger partial charge in [-0.25, -0.2) is 4.79 Å².